The first-order valence-electron chi connectivity index (χ1n) is 6.93. The van der Waals surface area contributed by atoms with E-state index in [1.807, 2.05) is 12.1 Å². The molecule has 3 heteroatoms. The highest BCUT2D eigenvalue weighted by Crippen LogP contribution is 2.22. The maximum Gasteiger partial charge on any atom is 0.105 e. The molecule has 2 aromatic rings. The molecule has 3 nitrogen and oxygen atoms in total. The molecule has 0 saturated heterocycles. The van der Waals surface area contributed by atoms with Gasteiger partial charge in [-0.3, -0.25) is 0 Å². The van der Waals surface area contributed by atoms with Gasteiger partial charge in [0, 0.05) is 31.2 Å². The molecular formula is C16H20N2O. The van der Waals surface area contributed by atoms with E-state index in [0.29, 0.717) is 6.04 Å². The molecular weight excluding hydrogens is 236 g/mol. The molecule has 0 bridgehead atoms. The molecule has 0 spiro atoms. The summed E-state index contributed by atoms with van der Waals surface area (Å²) in [5.74, 6) is 1.04. The lowest BCUT2D eigenvalue weighted by molar-refractivity contribution is 0.456. The lowest BCUT2D eigenvalue weighted by Crippen LogP contribution is -2.27. The Hall–Kier alpha value is -1.74. The van der Waals surface area contributed by atoms with E-state index in [2.05, 4.69) is 35.8 Å². The van der Waals surface area contributed by atoms with Crippen LogP contribution in [-0.4, -0.2) is 12.6 Å². The van der Waals surface area contributed by atoms with Crippen molar-refractivity contribution in [3.05, 3.63) is 53.5 Å². The van der Waals surface area contributed by atoms with Gasteiger partial charge >= 0.3 is 0 Å². The summed E-state index contributed by atoms with van der Waals surface area (Å²) in [6.07, 6.45) is 3.81. The summed E-state index contributed by atoms with van der Waals surface area (Å²) in [6.45, 7) is 4.17. The molecule has 3 rings (SSSR count). The van der Waals surface area contributed by atoms with E-state index in [-0.39, 0.29) is 0 Å². The lowest BCUT2D eigenvalue weighted by atomic mass is 10.1. The van der Waals surface area contributed by atoms with Crippen molar-refractivity contribution in [2.45, 2.75) is 32.4 Å². The summed E-state index contributed by atoms with van der Waals surface area (Å²) in [7, 11) is 0. The number of hydrogen-bond donors (Lipinski definition) is 2. The first kappa shape index (κ1) is 12.3. The van der Waals surface area contributed by atoms with Gasteiger partial charge in [0.2, 0.25) is 0 Å². The summed E-state index contributed by atoms with van der Waals surface area (Å²) in [5.41, 5.74) is 4.10. The second-order valence-electron chi connectivity index (χ2n) is 5.23. The van der Waals surface area contributed by atoms with Crippen LogP contribution in [0.2, 0.25) is 0 Å². The number of nitrogens with one attached hydrogen (secondary N) is 2. The van der Waals surface area contributed by atoms with Gasteiger partial charge in [-0.1, -0.05) is 12.1 Å². The minimum absolute atomic E-state index is 0.414. The van der Waals surface area contributed by atoms with Gasteiger partial charge in [0.05, 0.1) is 6.26 Å². The van der Waals surface area contributed by atoms with Crippen LogP contribution in [0.15, 0.2) is 41.0 Å². The van der Waals surface area contributed by atoms with Crippen molar-refractivity contribution in [1.29, 1.82) is 0 Å². The van der Waals surface area contributed by atoms with Crippen LogP contribution in [0.4, 0.5) is 5.69 Å². The molecule has 1 atom stereocenters. The number of benzene rings is 1. The van der Waals surface area contributed by atoms with Gasteiger partial charge < -0.3 is 15.1 Å². The van der Waals surface area contributed by atoms with Crippen LogP contribution >= 0.6 is 0 Å². The Bertz CT molecular complexity index is 534. The molecule has 1 aliphatic heterocycles. The van der Waals surface area contributed by atoms with Gasteiger partial charge in [-0.2, -0.15) is 0 Å². The molecule has 100 valence electrons. The van der Waals surface area contributed by atoms with E-state index in [0.717, 1.165) is 31.7 Å². The fourth-order valence-electron chi connectivity index (χ4n) is 2.56. The standard InChI is InChI=1S/C16H20N2O/c1-12(9-15-3-2-8-19-15)18-11-13-4-5-16-14(10-13)6-7-17-16/h2-5,8,10,12,17-18H,6-7,9,11H2,1H3. The summed E-state index contributed by atoms with van der Waals surface area (Å²) < 4.78 is 5.37. The highest BCUT2D eigenvalue weighted by Gasteiger charge is 2.10. The number of fused-ring (bicyclic) bond motifs is 1. The minimum Gasteiger partial charge on any atom is -0.469 e. The van der Waals surface area contributed by atoms with Crippen LogP contribution in [-0.2, 0) is 19.4 Å². The average molecular weight is 256 g/mol. The number of furan rings is 1. The first-order valence-corrected chi connectivity index (χ1v) is 6.93. The number of hydrogen-bond acceptors (Lipinski definition) is 3. The zero-order valence-corrected chi connectivity index (χ0v) is 11.3. The Balaban J connectivity index is 1.54. The molecule has 0 saturated carbocycles. The molecule has 0 aliphatic carbocycles. The van der Waals surface area contributed by atoms with Crippen LogP contribution in [0, 0.1) is 0 Å². The van der Waals surface area contributed by atoms with Crippen molar-refractivity contribution in [3.63, 3.8) is 0 Å². The van der Waals surface area contributed by atoms with Gasteiger partial charge in [-0.25, -0.2) is 0 Å². The molecule has 1 aliphatic rings. The Morgan fingerprint density at radius 1 is 1.37 bits per heavy atom. The van der Waals surface area contributed by atoms with Crippen molar-refractivity contribution in [2.75, 3.05) is 11.9 Å². The van der Waals surface area contributed by atoms with E-state index in [9.17, 15) is 0 Å². The van der Waals surface area contributed by atoms with E-state index in [1.165, 1.54) is 16.8 Å². The van der Waals surface area contributed by atoms with Crippen LogP contribution in [0.1, 0.15) is 23.8 Å². The van der Waals surface area contributed by atoms with Crippen LogP contribution in [0.3, 0.4) is 0 Å². The first-order chi connectivity index (χ1) is 9.31. The zero-order valence-electron chi connectivity index (χ0n) is 11.3. The fourth-order valence-corrected chi connectivity index (χ4v) is 2.56. The Kier molecular flexibility index (Phi) is 3.56. The van der Waals surface area contributed by atoms with Crippen molar-refractivity contribution in [1.82, 2.24) is 5.32 Å². The predicted octanol–water partition coefficient (Wildman–Crippen LogP) is 2.97. The molecule has 19 heavy (non-hydrogen) atoms. The largest absolute Gasteiger partial charge is 0.469 e. The SMILES string of the molecule is CC(Cc1ccco1)NCc1ccc2c(c1)CCN2. The third-order valence-electron chi connectivity index (χ3n) is 3.62. The molecule has 0 amide bonds. The third-order valence-corrected chi connectivity index (χ3v) is 3.62. The molecule has 1 aromatic heterocycles. The van der Waals surface area contributed by atoms with E-state index < -0.39 is 0 Å². The molecule has 2 heterocycles. The fraction of sp³-hybridized carbons (Fsp3) is 0.375. The van der Waals surface area contributed by atoms with Gasteiger partial charge in [-0.15, -0.1) is 0 Å². The third kappa shape index (κ3) is 2.99. The van der Waals surface area contributed by atoms with E-state index in [1.54, 1.807) is 6.26 Å². The number of anilines is 1. The Morgan fingerprint density at radius 3 is 3.16 bits per heavy atom. The highest BCUT2D eigenvalue weighted by molar-refractivity contribution is 5.56. The zero-order chi connectivity index (χ0) is 13.1. The minimum atomic E-state index is 0.414. The summed E-state index contributed by atoms with van der Waals surface area (Å²) in [6, 6.07) is 11.1. The highest BCUT2D eigenvalue weighted by atomic mass is 16.3. The van der Waals surface area contributed by atoms with Crippen LogP contribution in [0.5, 0.6) is 0 Å². The monoisotopic (exact) mass is 256 g/mol. The van der Waals surface area contributed by atoms with Gasteiger partial charge in [-0.05, 0) is 42.7 Å². The van der Waals surface area contributed by atoms with Crippen LogP contribution in [0.25, 0.3) is 0 Å². The van der Waals surface area contributed by atoms with E-state index in [4.69, 9.17) is 4.42 Å². The molecule has 1 aromatic carbocycles. The maximum absolute atomic E-state index is 5.37. The summed E-state index contributed by atoms with van der Waals surface area (Å²) in [5, 5.41) is 6.94. The topological polar surface area (TPSA) is 37.2 Å². The Labute approximate surface area is 114 Å². The second kappa shape index (κ2) is 5.49. The predicted molar refractivity (Wildman–Crippen MR) is 77.3 cm³/mol. The normalized spacial score (nSPS) is 15.0. The number of rotatable bonds is 5. The summed E-state index contributed by atoms with van der Waals surface area (Å²) in [4.78, 5) is 0. The lowest BCUT2D eigenvalue weighted by Gasteiger charge is -2.13. The molecule has 1 unspecified atom stereocenters. The van der Waals surface area contributed by atoms with Gasteiger partial charge in [0.25, 0.3) is 0 Å². The van der Waals surface area contributed by atoms with Gasteiger partial charge in [0.15, 0.2) is 0 Å². The van der Waals surface area contributed by atoms with Gasteiger partial charge in [0.1, 0.15) is 5.76 Å². The quantitative estimate of drug-likeness (QED) is 0.863. The van der Waals surface area contributed by atoms with E-state index >= 15 is 0 Å². The molecule has 0 radical (unpaired) electrons. The summed E-state index contributed by atoms with van der Waals surface area (Å²) >= 11 is 0. The van der Waals surface area contributed by atoms with Crippen molar-refractivity contribution >= 4 is 5.69 Å². The Morgan fingerprint density at radius 2 is 2.32 bits per heavy atom. The molecule has 0 fully saturated rings. The van der Waals surface area contributed by atoms with Crippen LogP contribution < -0.4 is 10.6 Å². The smallest absolute Gasteiger partial charge is 0.105 e. The van der Waals surface area contributed by atoms with Crippen molar-refractivity contribution < 1.29 is 4.42 Å². The average Bonchev–Trinajstić information content (AvgIpc) is 3.06. The van der Waals surface area contributed by atoms with Crippen molar-refractivity contribution in [2.24, 2.45) is 0 Å². The second-order valence-corrected chi connectivity index (χ2v) is 5.23. The maximum atomic E-state index is 5.37. The molecule has 2 N–H and O–H groups in total. The van der Waals surface area contributed by atoms with Crippen molar-refractivity contribution in [3.8, 4) is 0 Å².